The number of carbonyl (C=O) groups is 1. The van der Waals surface area contributed by atoms with Crippen molar-refractivity contribution in [2.75, 3.05) is 0 Å². The van der Waals surface area contributed by atoms with Crippen LogP contribution in [0.2, 0.25) is 0 Å². The van der Waals surface area contributed by atoms with Gasteiger partial charge < -0.3 is 9.73 Å². The van der Waals surface area contributed by atoms with Gasteiger partial charge in [-0.15, -0.1) is 0 Å². The summed E-state index contributed by atoms with van der Waals surface area (Å²) in [5.74, 6) is 1.42. The second-order valence-corrected chi connectivity index (χ2v) is 10.0. The molecule has 1 aromatic heterocycles. The molecule has 0 radical (unpaired) electrons. The van der Waals surface area contributed by atoms with Crippen molar-refractivity contribution in [2.24, 2.45) is 0 Å². The maximum absolute atomic E-state index is 12.7. The zero-order valence-corrected chi connectivity index (χ0v) is 19.5. The van der Waals surface area contributed by atoms with E-state index in [1.54, 1.807) is 0 Å². The third-order valence-electron chi connectivity index (χ3n) is 6.03. The summed E-state index contributed by atoms with van der Waals surface area (Å²) >= 11 is 0. The van der Waals surface area contributed by atoms with Gasteiger partial charge in [-0.1, -0.05) is 43.4 Å². The molecule has 168 valence electrons. The van der Waals surface area contributed by atoms with Gasteiger partial charge in [0.1, 0.15) is 5.76 Å². The predicted octanol–water partition coefficient (Wildman–Crippen LogP) is 5.72. The van der Waals surface area contributed by atoms with Crippen molar-refractivity contribution in [1.29, 1.82) is 0 Å². The molecular formula is C26H30N2O3S. The molecule has 6 heteroatoms. The van der Waals surface area contributed by atoms with Crippen LogP contribution >= 0.6 is 0 Å². The minimum absolute atomic E-state index is 0.0266. The van der Waals surface area contributed by atoms with E-state index in [0.717, 1.165) is 28.9 Å². The van der Waals surface area contributed by atoms with E-state index in [0.29, 0.717) is 28.7 Å². The van der Waals surface area contributed by atoms with Crippen LogP contribution in [-0.2, 0) is 16.6 Å². The standard InChI is InChI=1S/C26H30N2O3S/c1-18-9-15-23(16-10-18)32(30)17-24-19(2)31-26(28-24)21-13-11-20(12-14-21)25(29)27-22-7-5-3-4-6-8-22/h9-16,22H,3-8,17H2,1-2H3,(H,27,29)/t32-/m0/s1. The quantitative estimate of drug-likeness (QED) is 0.488. The van der Waals surface area contributed by atoms with Gasteiger partial charge in [0, 0.05) is 22.1 Å². The summed E-state index contributed by atoms with van der Waals surface area (Å²) in [5, 5.41) is 3.18. The second-order valence-electron chi connectivity index (χ2n) is 8.56. The summed E-state index contributed by atoms with van der Waals surface area (Å²) < 4.78 is 18.6. The van der Waals surface area contributed by atoms with Gasteiger partial charge in [0.05, 0.1) is 22.2 Å². The number of aryl methyl sites for hydroxylation is 2. The van der Waals surface area contributed by atoms with Crippen molar-refractivity contribution >= 4 is 16.7 Å². The molecule has 0 spiro atoms. The van der Waals surface area contributed by atoms with Crippen LogP contribution < -0.4 is 5.32 Å². The van der Waals surface area contributed by atoms with E-state index in [1.165, 1.54) is 25.7 Å². The summed E-state index contributed by atoms with van der Waals surface area (Å²) in [6, 6.07) is 15.3. The molecule has 0 bridgehead atoms. The molecule has 3 aromatic rings. The third kappa shape index (κ3) is 5.54. The molecule has 1 atom stereocenters. The number of benzene rings is 2. The Kier molecular flexibility index (Phi) is 7.20. The van der Waals surface area contributed by atoms with Crippen molar-refractivity contribution in [2.45, 2.75) is 69.1 Å². The van der Waals surface area contributed by atoms with Gasteiger partial charge in [-0.05, 0) is 63.1 Å². The molecule has 1 saturated carbocycles. The molecule has 1 aliphatic carbocycles. The van der Waals surface area contributed by atoms with Crippen molar-refractivity contribution in [1.82, 2.24) is 10.3 Å². The number of carbonyl (C=O) groups excluding carboxylic acids is 1. The van der Waals surface area contributed by atoms with Gasteiger partial charge in [-0.2, -0.15) is 0 Å². The Balaban J connectivity index is 1.42. The van der Waals surface area contributed by atoms with Crippen molar-refractivity contribution in [3.63, 3.8) is 0 Å². The molecule has 0 aliphatic heterocycles. The highest BCUT2D eigenvalue weighted by atomic mass is 32.2. The lowest BCUT2D eigenvalue weighted by Crippen LogP contribution is -2.34. The SMILES string of the molecule is Cc1ccc([S@@](=O)Cc2nc(-c3ccc(C(=O)NC4CCCCCC4)cc3)oc2C)cc1. The lowest BCUT2D eigenvalue weighted by atomic mass is 10.1. The molecule has 0 unspecified atom stereocenters. The number of amides is 1. The predicted molar refractivity (Wildman–Crippen MR) is 127 cm³/mol. The lowest BCUT2D eigenvalue weighted by molar-refractivity contribution is 0.0933. The Hall–Kier alpha value is -2.73. The molecule has 0 saturated heterocycles. The van der Waals surface area contributed by atoms with Gasteiger partial charge in [-0.3, -0.25) is 9.00 Å². The fourth-order valence-electron chi connectivity index (χ4n) is 4.04. The fraction of sp³-hybridized carbons (Fsp3) is 0.385. The second kappa shape index (κ2) is 10.3. The highest BCUT2D eigenvalue weighted by Crippen LogP contribution is 2.24. The Morgan fingerprint density at radius 3 is 2.31 bits per heavy atom. The van der Waals surface area contributed by atoms with Crippen LogP contribution in [0.3, 0.4) is 0 Å². The Labute approximate surface area is 192 Å². The summed E-state index contributed by atoms with van der Waals surface area (Å²) in [6.45, 7) is 3.85. The Morgan fingerprint density at radius 1 is 1.00 bits per heavy atom. The van der Waals surface area contributed by atoms with Crippen molar-refractivity contribution in [3.8, 4) is 11.5 Å². The van der Waals surface area contributed by atoms with Crippen LogP contribution in [0.1, 0.15) is 65.9 Å². The third-order valence-corrected chi connectivity index (χ3v) is 7.36. The van der Waals surface area contributed by atoms with Crippen LogP contribution in [0.4, 0.5) is 0 Å². The highest BCUT2D eigenvalue weighted by Gasteiger charge is 2.18. The van der Waals surface area contributed by atoms with E-state index in [1.807, 2.05) is 62.4 Å². The van der Waals surface area contributed by atoms with Crippen LogP contribution in [-0.4, -0.2) is 21.1 Å². The van der Waals surface area contributed by atoms with Crippen molar-refractivity contribution < 1.29 is 13.4 Å². The van der Waals surface area contributed by atoms with Crippen LogP contribution in [0.15, 0.2) is 57.8 Å². The lowest BCUT2D eigenvalue weighted by Gasteiger charge is -2.16. The summed E-state index contributed by atoms with van der Waals surface area (Å²) in [7, 11) is -1.19. The van der Waals surface area contributed by atoms with E-state index in [9.17, 15) is 9.00 Å². The topological polar surface area (TPSA) is 72.2 Å². The molecule has 1 heterocycles. The molecule has 1 aliphatic rings. The summed E-state index contributed by atoms with van der Waals surface area (Å²) in [6.07, 6.45) is 7.02. The molecule has 1 N–H and O–H groups in total. The maximum Gasteiger partial charge on any atom is 0.251 e. The summed E-state index contributed by atoms with van der Waals surface area (Å²) in [5.41, 5.74) is 3.26. The van der Waals surface area contributed by atoms with E-state index in [2.05, 4.69) is 10.3 Å². The fourth-order valence-corrected chi connectivity index (χ4v) is 5.16. The molecule has 5 nitrogen and oxygen atoms in total. The monoisotopic (exact) mass is 450 g/mol. The van der Waals surface area contributed by atoms with E-state index < -0.39 is 10.8 Å². The van der Waals surface area contributed by atoms with Gasteiger partial charge in [0.25, 0.3) is 5.91 Å². The van der Waals surface area contributed by atoms with Gasteiger partial charge in [0.2, 0.25) is 5.89 Å². The van der Waals surface area contributed by atoms with Crippen LogP contribution in [0.25, 0.3) is 11.5 Å². The van der Waals surface area contributed by atoms with Gasteiger partial charge in [-0.25, -0.2) is 4.98 Å². The van der Waals surface area contributed by atoms with E-state index in [-0.39, 0.29) is 11.9 Å². The molecule has 1 amide bonds. The average molecular weight is 451 g/mol. The normalized spacial score (nSPS) is 15.8. The molecule has 2 aromatic carbocycles. The first-order valence-electron chi connectivity index (χ1n) is 11.3. The van der Waals surface area contributed by atoms with Crippen molar-refractivity contribution in [3.05, 3.63) is 71.1 Å². The smallest absolute Gasteiger partial charge is 0.251 e. The first-order valence-corrected chi connectivity index (χ1v) is 12.6. The average Bonchev–Trinajstić information content (AvgIpc) is 2.98. The van der Waals surface area contributed by atoms with E-state index in [4.69, 9.17) is 4.42 Å². The van der Waals surface area contributed by atoms with Crippen LogP contribution in [0.5, 0.6) is 0 Å². The number of oxazole rings is 1. The number of hydrogen-bond donors (Lipinski definition) is 1. The van der Waals surface area contributed by atoms with Gasteiger partial charge in [0.15, 0.2) is 0 Å². The number of aromatic nitrogens is 1. The highest BCUT2D eigenvalue weighted by molar-refractivity contribution is 7.84. The first-order chi connectivity index (χ1) is 15.5. The number of hydrogen-bond acceptors (Lipinski definition) is 4. The Bertz CT molecular complexity index is 1080. The summed E-state index contributed by atoms with van der Waals surface area (Å²) in [4.78, 5) is 18.0. The molecule has 1 fully saturated rings. The zero-order chi connectivity index (χ0) is 22.5. The van der Waals surface area contributed by atoms with Gasteiger partial charge >= 0.3 is 0 Å². The van der Waals surface area contributed by atoms with Crippen LogP contribution in [0, 0.1) is 13.8 Å². The number of nitrogens with zero attached hydrogens (tertiary/aromatic N) is 1. The maximum atomic E-state index is 12.7. The largest absolute Gasteiger partial charge is 0.441 e. The number of rotatable bonds is 6. The number of nitrogens with one attached hydrogen (secondary N) is 1. The molecular weight excluding hydrogens is 420 g/mol. The molecule has 32 heavy (non-hydrogen) atoms. The minimum Gasteiger partial charge on any atom is -0.441 e. The minimum atomic E-state index is -1.19. The Morgan fingerprint density at radius 2 is 1.66 bits per heavy atom. The first kappa shape index (κ1) is 22.5. The van der Waals surface area contributed by atoms with E-state index >= 15 is 0 Å². The molecule has 4 rings (SSSR count). The zero-order valence-electron chi connectivity index (χ0n) is 18.7.